The first-order chi connectivity index (χ1) is 13.8. The number of anilines is 1. The Morgan fingerprint density at radius 1 is 1.03 bits per heavy atom. The van der Waals surface area contributed by atoms with E-state index in [0.717, 1.165) is 23.8 Å². The van der Waals surface area contributed by atoms with Crippen molar-refractivity contribution in [1.29, 1.82) is 0 Å². The Morgan fingerprint density at radius 3 is 2.17 bits per heavy atom. The van der Waals surface area contributed by atoms with Crippen LogP contribution in [0.3, 0.4) is 0 Å². The number of thiocarbonyl (C=S) groups is 1. The molecule has 2 aromatic carbocycles. The lowest BCUT2D eigenvalue weighted by Gasteiger charge is -2.28. The first-order valence-corrected chi connectivity index (χ1v) is 10.1. The van der Waals surface area contributed by atoms with Gasteiger partial charge in [-0.1, -0.05) is 64.1 Å². The predicted molar refractivity (Wildman–Crippen MR) is 119 cm³/mol. The molecule has 0 heterocycles. The summed E-state index contributed by atoms with van der Waals surface area (Å²) < 4.78 is 36.7. The molecule has 30 heavy (non-hydrogen) atoms. The largest absolute Gasteiger partial charge is 0.416 e. The Hall–Kier alpha value is -1.45. The van der Waals surface area contributed by atoms with Crippen LogP contribution in [0.1, 0.15) is 21.5 Å². The summed E-state index contributed by atoms with van der Waals surface area (Å²) in [6, 6.07) is 9.31. The van der Waals surface area contributed by atoms with Gasteiger partial charge >= 0.3 is 6.18 Å². The number of halogens is 7. The Balaban J connectivity index is 2.14. The fourth-order valence-corrected chi connectivity index (χ4v) is 2.93. The zero-order valence-electron chi connectivity index (χ0n) is 15.1. The molecule has 0 aliphatic carbocycles. The van der Waals surface area contributed by atoms with E-state index in [1.54, 1.807) is 24.3 Å². The molecule has 3 N–H and O–H groups in total. The fourth-order valence-electron chi connectivity index (χ4n) is 2.21. The molecule has 0 spiro atoms. The number of hydrogen-bond acceptors (Lipinski definition) is 2. The van der Waals surface area contributed by atoms with Gasteiger partial charge in [0.1, 0.15) is 6.17 Å². The van der Waals surface area contributed by atoms with Gasteiger partial charge in [0.05, 0.1) is 16.3 Å². The van der Waals surface area contributed by atoms with E-state index in [1.807, 2.05) is 6.92 Å². The Bertz CT molecular complexity index is 934. The summed E-state index contributed by atoms with van der Waals surface area (Å²) in [4.78, 5) is 12.4. The average molecular weight is 519 g/mol. The molecule has 1 amide bonds. The summed E-state index contributed by atoms with van der Waals surface area (Å²) in [5.74, 6) is -0.557. The van der Waals surface area contributed by atoms with E-state index in [4.69, 9.17) is 58.6 Å². The van der Waals surface area contributed by atoms with Gasteiger partial charge in [-0.05, 0) is 49.5 Å². The van der Waals surface area contributed by atoms with Crippen LogP contribution in [0.5, 0.6) is 0 Å². The number of benzene rings is 2. The molecule has 0 aliphatic rings. The summed E-state index contributed by atoms with van der Waals surface area (Å²) in [7, 11) is 0. The van der Waals surface area contributed by atoms with Gasteiger partial charge in [0.25, 0.3) is 5.91 Å². The molecule has 0 saturated heterocycles. The number of carbonyl (C=O) groups is 1. The molecule has 2 aromatic rings. The predicted octanol–water partition coefficient (Wildman–Crippen LogP) is 6.08. The van der Waals surface area contributed by atoms with Gasteiger partial charge in [-0.3, -0.25) is 4.79 Å². The first-order valence-electron chi connectivity index (χ1n) is 8.16. The summed E-state index contributed by atoms with van der Waals surface area (Å²) in [5.41, 5.74) is 0.215. The standard InChI is InChI=1S/C18H14Cl4F3N3OS/c1-9-2-4-10(5-3-9)14(29)27-15(17(20,21)22)28-16(30)26-13-8-11(18(23,24)25)6-7-12(13)19/h2-8,15H,1H3,(H,27,29)(H2,26,28,30)/t15-/m1/s1. The Labute approximate surface area is 196 Å². The monoisotopic (exact) mass is 517 g/mol. The second-order valence-electron chi connectivity index (χ2n) is 6.10. The summed E-state index contributed by atoms with van der Waals surface area (Å²) >= 11 is 28.7. The summed E-state index contributed by atoms with van der Waals surface area (Å²) in [6.07, 6.45) is -5.88. The van der Waals surface area contributed by atoms with Crippen LogP contribution in [0.25, 0.3) is 0 Å². The number of amides is 1. The van der Waals surface area contributed by atoms with Crippen LogP contribution in [0.15, 0.2) is 42.5 Å². The number of rotatable bonds is 4. The molecule has 0 radical (unpaired) electrons. The van der Waals surface area contributed by atoms with Crippen molar-refractivity contribution in [1.82, 2.24) is 10.6 Å². The maximum absolute atomic E-state index is 12.9. The normalized spacial score (nSPS) is 12.8. The van der Waals surface area contributed by atoms with Crippen molar-refractivity contribution in [2.45, 2.75) is 23.1 Å². The van der Waals surface area contributed by atoms with Gasteiger partial charge in [-0.2, -0.15) is 13.2 Å². The molecular weight excluding hydrogens is 505 g/mol. The topological polar surface area (TPSA) is 53.2 Å². The molecule has 2 rings (SSSR count). The zero-order chi connectivity index (χ0) is 22.7. The summed E-state index contributed by atoms with van der Waals surface area (Å²) in [6.45, 7) is 1.86. The third-order valence-electron chi connectivity index (χ3n) is 3.73. The maximum Gasteiger partial charge on any atom is 0.416 e. The van der Waals surface area contributed by atoms with E-state index in [-0.39, 0.29) is 15.8 Å². The van der Waals surface area contributed by atoms with Crippen molar-refractivity contribution in [2.24, 2.45) is 0 Å². The highest BCUT2D eigenvalue weighted by molar-refractivity contribution is 7.80. The van der Waals surface area contributed by atoms with Gasteiger partial charge in [0, 0.05) is 5.56 Å². The average Bonchev–Trinajstić information content (AvgIpc) is 2.61. The maximum atomic E-state index is 12.9. The highest BCUT2D eigenvalue weighted by Crippen LogP contribution is 2.34. The molecule has 0 unspecified atom stereocenters. The van der Waals surface area contributed by atoms with E-state index in [2.05, 4.69) is 16.0 Å². The lowest BCUT2D eigenvalue weighted by molar-refractivity contribution is -0.137. The third kappa shape index (κ3) is 7.06. The number of alkyl halides is 6. The lowest BCUT2D eigenvalue weighted by Crippen LogP contribution is -2.56. The van der Waals surface area contributed by atoms with Gasteiger partial charge in [-0.25, -0.2) is 0 Å². The second-order valence-corrected chi connectivity index (χ2v) is 9.29. The van der Waals surface area contributed by atoms with Crippen molar-refractivity contribution >= 4 is 75.3 Å². The number of aryl methyl sites for hydroxylation is 1. The van der Waals surface area contributed by atoms with Crippen molar-refractivity contribution in [3.8, 4) is 0 Å². The van der Waals surface area contributed by atoms with E-state index < -0.39 is 27.6 Å². The van der Waals surface area contributed by atoms with Crippen LogP contribution in [0.4, 0.5) is 18.9 Å². The van der Waals surface area contributed by atoms with E-state index in [9.17, 15) is 18.0 Å². The summed E-state index contributed by atoms with van der Waals surface area (Å²) in [5, 5.41) is 7.30. The number of carbonyl (C=O) groups excluding carboxylic acids is 1. The molecule has 1 atom stereocenters. The minimum Gasteiger partial charge on any atom is -0.339 e. The Morgan fingerprint density at radius 2 is 1.63 bits per heavy atom. The molecular formula is C18H14Cl4F3N3OS. The van der Waals surface area contributed by atoms with Gasteiger partial charge in [-0.15, -0.1) is 0 Å². The minimum atomic E-state index is -4.57. The number of nitrogens with one attached hydrogen (secondary N) is 3. The number of hydrogen-bond donors (Lipinski definition) is 3. The highest BCUT2D eigenvalue weighted by atomic mass is 35.6. The van der Waals surface area contributed by atoms with Crippen LogP contribution in [0.2, 0.25) is 5.02 Å². The van der Waals surface area contributed by atoms with E-state index in [0.29, 0.717) is 5.56 Å². The van der Waals surface area contributed by atoms with Crippen LogP contribution >= 0.6 is 58.6 Å². The molecule has 4 nitrogen and oxygen atoms in total. The second kappa shape index (κ2) is 9.78. The zero-order valence-corrected chi connectivity index (χ0v) is 18.9. The van der Waals surface area contributed by atoms with Crippen LogP contribution in [-0.2, 0) is 6.18 Å². The molecule has 0 saturated carbocycles. The molecule has 162 valence electrons. The van der Waals surface area contributed by atoms with E-state index in [1.165, 1.54) is 0 Å². The smallest absolute Gasteiger partial charge is 0.339 e. The molecule has 0 bridgehead atoms. The molecule has 12 heteroatoms. The van der Waals surface area contributed by atoms with Crippen molar-refractivity contribution in [2.75, 3.05) is 5.32 Å². The fraction of sp³-hybridized carbons (Fsp3) is 0.222. The Kier molecular flexibility index (Phi) is 8.09. The third-order valence-corrected chi connectivity index (χ3v) is 4.94. The van der Waals surface area contributed by atoms with Gasteiger partial charge in [0.2, 0.25) is 3.79 Å². The minimum absolute atomic E-state index is 0.0127. The van der Waals surface area contributed by atoms with Crippen LogP contribution < -0.4 is 16.0 Å². The molecule has 0 fully saturated rings. The molecule has 0 aromatic heterocycles. The SMILES string of the molecule is Cc1ccc(C(=O)N[C@H](NC(=S)Nc2cc(C(F)(F)F)ccc2Cl)C(Cl)(Cl)Cl)cc1. The lowest BCUT2D eigenvalue weighted by atomic mass is 10.1. The van der Waals surface area contributed by atoms with E-state index >= 15 is 0 Å². The van der Waals surface area contributed by atoms with Crippen LogP contribution in [0, 0.1) is 6.92 Å². The first kappa shape index (κ1) is 24.8. The van der Waals surface area contributed by atoms with Gasteiger partial charge < -0.3 is 16.0 Å². The quantitative estimate of drug-likeness (QED) is 0.261. The van der Waals surface area contributed by atoms with Crippen LogP contribution in [-0.4, -0.2) is 21.0 Å². The van der Waals surface area contributed by atoms with Crippen molar-refractivity contribution in [3.05, 3.63) is 64.2 Å². The van der Waals surface area contributed by atoms with Crippen molar-refractivity contribution < 1.29 is 18.0 Å². The van der Waals surface area contributed by atoms with Gasteiger partial charge in [0.15, 0.2) is 5.11 Å². The molecule has 0 aliphatic heterocycles. The van der Waals surface area contributed by atoms with Crippen molar-refractivity contribution in [3.63, 3.8) is 0 Å². The highest BCUT2D eigenvalue weighted by Gasteiger charge is 2.35.